The Morgan fingerprint density at radius 1 is 1.14 bits per heavy atom. The second-order valence-corrected chi connectivity index (χ2v) is 5.78. The number of carboxylic acids is 1. The van der Waals surface area contributed by atoms with Crippen LogP contribution in [0.3, 0.4) is 0 Å². The van der Waals surface area contributed by atoms with E-state index in [1.165, 1.54) is 0 Å². The molecule has 1 aromatic carbocycles. The number of hydrogen-bond acceptors (Lipinski definition) is 2. The highest BCUT2D eigenvalue weighted by molar-refractivity contribution is 5.89. The van der Waals surface area contributed by atoms with E-state index in [4.69, 9.17) is 5.11 Å². The molecule has 1 saturated carbocycles. The second kappa shape index (κ2) is 7.11. The molecule has 2 rings (SSSR count). The summed E-state index contributed by atoms with van der Waals surface area (Å²) in [6.45, 7) is 2.00. The fourth-order valence-corrected chi connectivity index (χ4v) is 2.75. The van der Waals surface area contributed by atoms with Gasteiger partial charge in [-0.15, -0.1) is 0 Å². The molecular formula is C16H22N2O3. The van der Waals surface area contributed by atoms with E-state index >= 15 is 0 Å². The third-order valence-corrected chi connectivity index (χ3v) is 3.95. The maximum atomic E-state index is 11.9. The monoisotopic (exact) mass is 290 g/mol. The summed E-state index contributed by atoms with van der Waals surface area (Å²) in [5.41, 5.74) is 1.93. The van der Waals surface area contributed by atoms with Gasteiger partial charge in [0.1, 0.15) is 0 Å². The number of aliphatic carboxylic acids is 1. The molecule has 0 unspecified atom stereocenters. The van der Waals surface area contributed by atoms with Gasteiger partial charge < -0.3 is 15.7 Å². The minimum absolute atomic E-state index is 0.139. The summed E-state index contributed by atoms with van der Waals surface area (Å²) < 4.78 is 0. The number of carboxylic acid groups (broad SMARTS) is 1. The lowest BCUT2D eigenvalue weighted by molar-refractivity contribution is -0.138. The van der Waals surface area contributed by atoms with E-state index in [1.54, 1.807) is 0 Å². The fraction of sp³-hybridized carbons (Fsp3) is 0.500. The van der Waals surface area contributed by atoms with Crippen LogP contribution in [0.5, 0.6) is 0 Å². The summed E-state index contributed by atoms with van der Waals surface area (Å²) in [6.07, 6.45) is 3.66. The van der Waals surface area contributed by atoms with Crippen molar-refractivity contribution in [2.24, 2.45) is 5.92 Å². The number of carbonyl (C=O) groups excluding carboxylic acids is 1. The Bertz CT molecular complexity index is 491. The summed E-state index contributed by atoms with van der Waals surface area (Å²) in [5.74, 6) is -0.482. The molecular weight excluding hydrogens is 268 g/mol. The Balaban J connectivity index is 1.74. The van der Waals surface area contributed by atoms with Crippen molar-refractivity contribution in [2.45, 2.75) is 45.1 Å². The van der Waals surface area contributed by atoms with E-state index in [2.05, 4.69) is 10.6 Å². The van der Waals surface area contributed by atoms with E-state index < -0.39 is 5.97 Å². The number of amides is 2. The number of carbonyl (C=O) groups is 2. The standard InChI is InChI=1S/C16H22N2O3/c1-11-2-6-13(7-3-11)17-16(21)18-14-8-4-12(5-9-14)10-15(19)20/h2-3,6-7,12,14H,4-5,8-10H2,1H3,(H,19,20)(H2,17,18,21). The lowest BCUT2D eigenvalue weighted by Crippen LogP contribution is -2.40. The molecule has 0 aromatic heterocycles. The molecule has 0 heterocycles. The molecule has 21 heavy (non-hydrogen) atoms. The summed E-state index contributed by atoms with van der Waals surface area (Å²) in [4.78, 5) is 22.6. The van der Waals surface area contributed by atoms with Gasteiger partial charge in [0.25, 0.3) is 0 Å². The van der Waals surface area contributed by atoms with Crippen LogP contribution in [0.15, 0.2) is 24.3 Å². The van der Waals surface area contributed by atoms with Gasteiger partial charge >= 0.3 is 12.0 Å². The van der Waals surface area contributed by atoms with Crippen LogP contribution >= 0.6 is 0 Å². The van der Waals surface area contributed by atoms with E-state index in [-0.39, 0.29) is 24.4 Å². The predicted octanol–water partition coefficient (Wildman–Crippen LogP) is 3.15. The first-order valence-electron chi connectivity index (χ1n) is 7.39. The summed E-state index contributed by atoms with van der Waals surface area (Å²) in [7, 11) is 0. The Morgan fingerprint density at radius 2 is 1.76 bits per heavy atom. The molecule has 2 amide bonds. The van der Waals surface area contributed by atoms with E-state index in [1.807, 2.05) is 31.2 Å². The van der Waals surface area contributed by atoms with Crippen LogP contribution in [0.4, 0.5) is 10.5 Å². The molecule has 114 valence electrons. The van der Waals surface area contributed by atoms with Crippen molar-refractivity contribution >= 4 is 17.7 Å². The number of hydrogen-bond donors (Lipinski definition) is 3. The van der Waals surface area contributed by atoms with Crippen LogP contribution in [0, 0.1) is 12.8 Å². The molecule has 1 fully saturated rings. The average Bonchev–Trinajstić information content (AvgIpc) is 2.43. The van der Waals surface area contributed by atoms with E-state index in [0.29, 0.717) is 0 Å². The van der Waals surface area contributed by atoms with Crippen LogP contribution in [0.1, 0.15) is 37.7 Å². The van der Waals surface area contributed by atoms with Crippen LogP contribution < -0.4 is 10.6 Å². The van der Waals surface area contributed by atoms with Crippen LogP contribution in [-0.2, 0) is 4.79 Å². The number of nitrogens with one attached hydrogen (secondary N) is 2. The van der Waals surface area contributed by atoms with E-state index in [0.717, 1.165) is 36.9 Å². The zero-order valence-corrected chi connectivity index (χ0v) is 12.3. The number of aryl methyl sites for hydroxylation is 1. The summed E-state index contributed by atoms with van der Waals surface area (Å²) >= 11 is 0. The number of rotatable bonds is 4. The van der Waals surface area contributed by atoms with Gasteiger partial charge in [-0.3, -0.25) is 4.79 Å². The number of anilines is 1. The maximum absolute atomic E-state index is 11.9. The zero-order chi connectivity index (χ0) is 15.2. The first kappa shape index (κ1) is 15.4. The Labute approximate surface area is 124 Å². The highest BCUT2D eigenvalue weighted by atomic mass is 16.4. The van der Waals surface area contributed by atoms with Crippen LogP contribution in [0.2, 0.25) is 0 Å². The van der Waals surface area contributed by atoms with Gasteiger partial charge in [-0.25, -0.2) is 4.79 Å². The third kappa shape index (κ3) is 5.10. The Morgan fingerprint density at radius 3 is 2.33 bits per heavy atom. The normalized spacial score (nSPS) is 21.6. The number of benzene rings is 1. The molecule has 0 aliphatic heterocycles. The van der Waals surface area contributed by atoms with Crippen molar-refractivity contribution in [3.05, 3.63) is 29.8 Å². The summed E-state index contributed by atoms with van der Waals surface area (Å²) in [6, 6.07) is 7.59. The smallest absolute Gasteiger partial charge is 0.319 e. The maximum Gasteiger partial charge on any atom is 0.319 e. The van der Waals surface area contributed by atoms with Crippen molar-refractivity contribution in [3.63, 3.8) is 0 Å². The molecule has 1 aliphatic rings. The lowest BCUT2D eigenvalue weighted by atomic mass is 9.84. The fourth-order valence-electron chi connectivity index (χ4n) is 2.75. The Hall–Kier alpha value is -2.04. The average molecular weight is 290 g/mol. The van der Waals surface area contributed by atoms with Crippen molar-refractivity contribution in [2.75, 3.05) is 5.32 Å². The molecule has 5 heteroatoms. The van der Waals surface area contributed by atoms with Gasteiger partial charge in [-0.1, -0.05) is 17.7 Å². The van der Waals surface area contributed by atoms with Gasteiger partial charge in [0, 0.05) is 18.2 Å². The molecule has 0 atom stereocenters. The Kier molecular flexibility index (Phi) is 5.20. The minimum atomic E-state index is -0.733. The molecule has 3 N–H and O–H groups in total. The highest BCUT2D eigenvalue weighted by Gasteiger charge is 2.23. The van der Waals surface area contributed by atoms with Gasteiger partial charge in [0.05, 0.1) is 0 Å². The topological polar surface area (TPSA) is 78.4 Å². The first-order valence-corrected chi connectivity index (χ1v) is 7.39. The van der Waals surface area contributed by atoms with E-state index in [9.17, 15) is 9.59 Å². The quantitative estimate of drug-likeness (QED) is 0.797. The van der Waals surface area contributed by atoms with Gasteiger partial charge in [0.15, 0.2) is 0 Å². The molecule has 1 aromatic rings. The lowest BCUT2D eigenvalue weighted by Gasteiger charge is -2.28. The van der Waals surface area contributed by atoms with Crippen molar-refractivity contribution in [1.29, 1.82) is 0 Å². The minimum Gasteiger partial charge on any atom is -0.481 e. The largest absolute Gasteiger partial charge is 0.481 e. The third-order valence-electron chi connectivity index (χ3n) is 3.95. The highest BCUT2D eigenvalue weighted by Crippen LogP contribution is 2.26. The van der Waals surface area contributed by atoms with Crippen molar-refractivity contribution in [3.8, 4) is 0 Å². The summed E-state index contributed by atoms with van der Waals surface area (Å²) in [5, 5.41) is 14.6. The molecule has 1 aliphatic carbocycles. The number of urea groups is 1. The molecule has 5 nitrogen and oxygen atoms in total. The second-order valence-electron chi connectivity index (χ2n) is 5.78. The molecule has 0 radical (unpaired) electrons. The van der Waals surface area contributed by atoms with Crippen molar-refractivity contribution in [1.82, 2.24) is 5.32 Å². The van der Waals surface area contributed by atoms with Crippen LogP contribution in [-0.4, -0.2) is 23.1 Å². The SMILES string of the molecule is Cc1ccc(NC(=O)NC2CCC(CC(=O)O)CC2)cc1. The predicted molar refractivity (Wildman–Crippen MR) is 81.3 cm³/mol. The first-order chi connectivity index (χ1) is 10.0. The van der Waals surface area contributed by atoms with Gasteiger partial charge in [-0.05, 0) is 50.7 Å². The van der Waals surface area contributed by atoms with Gasteiger partial charge in [0.2, 0.25) is 0 Å². The molecule has 0 spiro atoms. The van der Waals surface area contributed by atoms with Gasteiger partial charge in [-0.2, -0.15) is 0 Å². The molecule has 0 saturated heterocycles. The van der Waals surface area contributed by atoms with Crippen molar-refractivity contribution < 1.29 is 14.7 Å². The van der Waals surface area contributed by atoms with Crippen LogP contribution in [0.25, 0.3) is 0 Å². The molecule has 0 bridgehead atoms. The zero-order valence-electron chi connectivity index (χ0n) is 12.3.